The van der Waals surface area contributed by atoms with E-state index in [9.17, 15) is 14.2 Å². The summed E-state index contributed by atoms with van der Waals surface area (Å²) in [6.07, 6.45) is -0.215. The number of rotatable bonds is 10. The fourth-order valence-corrected chi connectivity index (χ4v) is 3.26. The van der Waals surface area contributed by atoms with Gasteiger partial charge in [-0.25, -0.2) is 0 Å². The van der Waals surface area contributed by atoms with E-state index in [0.717, 1.165) is 5.56 Å². The van der Waals surface area contributed by atoms with Gasteiger partial charge in [0.25, 0.3) is 0 Å². The highest BCUT2D eigenvalue weighted by Crippen LogP contribution is 2.30. The van der Waals surface area contributed by atoms with Gasteiger partial charge in [-0.05, 0) is 23.5 Å². The predicted molar refractivity (Wildman–Crippen MR) is 81.2 cm³/mol. The Labute approximate surface area is 130 Å². The van der Waals surface area contributed by atoms with E-state index >= 15 is 0 Å². The monoisotopic (exact) mass is 327 g/mol. The number of hydrogen-bond donors (Lipinski definition) is 2. The van der Waals surface area contributed by atoms with E-state index in [1.54, 1.807) is 6.92 Å². The molecule has 1 rings (SSSR count). The van der Waals surface area contributed by atoms with E-state index in [0.29, 0.717) is 6.42 Å². The van der Waals surface area contributed by atoms with Gasteiger partial charge in [0.2, 0.25) is 0 Å². The zero-order chi connectivity index (χ0) is 16.5. The van der Waals surface area contributed by atoms with Crippen LogP contribution in [0.15, 0.2) is 30.3 Å². The van der Waals surface area contributed by atoms with Crippen molar-refractivity contribution in [2.24, 2.45) is 5.92 Å². The molecule has 3 atom stereocenters. The van der Waals surface area contributed by atoms with Gasteiger partial charge in [-0.15, -0.1) is 4.52 Å². The van der Waals surface area contributed by atoms with Crippen LogP contribution in [0.5, 0.6) is 0 Å². The maximum atomic E-state index is 11.9. The van der Waals surface area contributed by atoms with Gasteiger partial charge in [-0.2, -0.15) is 0 Å². The molecule has 0 radical (unpaired) electrons. The van der Waals surface area contributed by atoms with Crippen LogP contribution in [-0.2, 0) is 25.1 Å². The van der Waals surface area contributed by atoms with Crippen LogP contribution in [0.3, 0.4) is 0 Å². The van der Waals surface area contributed by atoms with E-state index < -0.39 is 25.9 Å². The first-order valence-electron chi connectivity index (χ1n) is 6.98. The van der Waals surface area contributed by atoms with E-state index in [4.69, 9.17) is 14.7 Å². The number of benzene rings is 1. The van der Waals surface area contributed by atoms with Gasteiger partial charge in [0, 0.05) is 12.8 Å². The summed E-state index contributed by atoms with van der Waals surface area (Å²) < 4.78 is 17.3. The highest BCUT2D eigenvalue weighted by Gasteiger charge is 2.32. The molecule has 0 aliphatic carbocycles. The maximum absolute atomic E-state index is 11.9. The van der Waals surface area contributed by atoms with Crippen molar-refractivity contribution in [2.45, 2.75) is 32.3 Å². The summed E-state index contributed by atoms with van der Waals surface area (Å²) in [6.45, 7) is 1.77. The molecule has 1 aromatic carbocycles. The van der Waals surface area contributed by atoms with Gasteiger partial charge in [0.05, 0.1) is 0 Å². The van der Waals surface area contributed by atoms with Gasteiger partial charge in [0.15, 0.2) is 6.16 Å². The van der Waals surface area contributed by atoms with Crippen molar-refractivity contribution in [2.75, 3.05) is 6.16 Å². The van der Waals surface area contributed by atoms with Crippen molar-refractivity contribution >= 4 is 20.0 Å². The average molecular weight is 327 g/mol. The summed E-state index contributed by atoms with van der Waals surface area (Å²) >= 11 is 0. The second kappa shape index (κ2) is 9.28. The summed E-state index contributed by atoms with van der Waals surface area (Å²) in [4.78, 5) is 21.5. The molecule has 0 fully saturated rings. The highest BCUT2D eigenvalue weighted by molar-refractivity contribution is 7.39. The van der Waals surface area contributed by atoms with Crippen LogP contribution in [-0.4, -0.2) is 34.4 Å². The third-order valence-corrected chi connectivity index (χ3v) is 4.42. The predicted octanol–water partition coefficient (Wildman–Crippen LogP) is 2.94. The van der Waals surface area contributed by atoms with Crippen molar-refractivity contribution in [1.29, 1.82) is 0 Å². The minimum atomic E-state index is -2.14. The molecule has 22 heavy (non-hydrogen) atoms. The molecule has 3 unspecified atom stereocenters. The van der Waals surface area contributed by atoms with Gasteiger partial charge < -0.3 is 10.2 Å². The molecule has 0 amide bonds. The molecule has 0 saturated heterocycles. The fraction of sp³-hybridized carbons (Fsp3) is 0.467. The highest BCUT2D eigenvalue weighted by atomic mass is 31.1. The van der Waals surface area contributed by atoms with Crippen molar-refractivity contribution in [3.05, 3.63) is 35.9 Å². The van der Waals surface area contributed by atoms with Gasteiger partial charge in [0.1, 0.15) is 12.0 Å². The zero-order valence-corrected chi connectivity index (χ0v) is 13.2. The number of aliphatic carboxylic acids is 2. The number of carbonyl (C=O) groups is 2. The second-order valence-corrected chi connectivity index (χ2v) is 6.33. The lowest BCUT2D eigenvalue weighted by Gasteiger charge is -2.07. The zero-order valence-electron chi connectivity index (χ0n) is 12.3. The van der Waals surface area contributed by atoms with Crippen molar-refractivity contribution in [3.63, 3.8) is 0 Å². The van der Waals surface area contributed by atoms with Crippen LogP contribution in [0.4, 0.5) is 0 Å². The quantitative estimate of drug-likeness (QED) is 0.641. The molecule has 0 bridgehead atoms. The first-order valence-corrected chi connectivity index (χ1v) is 8.34. The van der Waals surface area contributed by atoms with Crippen molar-refractivity contribution < 1.29 is 28.9 Å². The molecule has 6 nitrogen and oxygen atoms in total. The van der Waals surface area contributed by atoms with E-state index in [2.05, 4.69) is 0 Å². The first kappa shape index (κ1) is 18.3. The Balaban J connectivity index is 2.45. The summed E-state index contributed by atoms with van der Waals surface area (Å²) in [5.74, 6) is -3.19. The standard InChI is InChI=1S/C15H19O6P/c1-11(9-12-5-3-2-4-6-12)21-22(20)10-13(15(18)19)7-8-14(16)17/h2-6,11,13H,7-10H2,1H3,(H-,16,17,18,19)/p+1. The Kier molecular flexibility index (Phi) is 7.71. The molecule has 1 aromatic rings. The van der Waals surface area contributed by atoms with E-state index in [1.807, 2.05) is 30.3 Å². The molecule has 2 N–H and O–H groups in total. The molecular formula is C15H20O6P+. The Hall–Kier alpha value is -1.78. The van der Waals surface area contributed by atoms with Gasteiger partial charge in [-0.3, -0.25) is 9.59 Å². The van der Waals surface area contributed by atoms with Crippen molar-refractivity contribution in [3.8, 4) is 0 Å². The number of carboxylic acids is 2. The summed E-state index contributed by atoms with van der Waals surface area (Å²) in [7, 11) is -2.14. The largest absolute Gasteiger partial charge is 0.509 e. The number of hydrogen-bond acceptors (Lipinski definition) is 4. The van der Waals surface area contributed by atoms with Crippen molar-refractivity contribution in [1.82, 2.24) is 0 Å². The molecule has 0 spiro atoms. The Morgan fingerprint density at radius 2 is 1.86 bits per heavy atom. The van der Waals surface area contributed by atoms with Crippen LogP contribution in [0.1, 0.15) is 25.3 Å². The lowest BCUT2D eigenvalue weighted by Crippen LogP contribution is -2.19. The molecule has 0 heterocycles. The lowest BCUT2D eigenvalue weighted by atomic mass is 10.1. The molecule has 0 saturated carbocycles. The summed E-state index contributed by atoms with van der Waals surface area (Å²) in [5, 5.41) is 17.6. The van der Waals surface area contributed by atoms with Crippen LogP contribution >= 0.6 is 8.03 Å². The normalized spacial score (nSPS) is 14.1. The second-order valence-electron chi connectivity index (χ2n) is 5.09. The van der Waals surface area contributed by atoms with Gasteiger partial charge >= 0.3 is 20.0 Å². The average Bonchev–Trinajstić information content (AvgIpc) is 2.43. The fourth-order valence-electron chi connectivity index (χ4n) is 2.00. The minimum Gasteiger partial charge on any atom is -0.481 e. The molecule has 0 aromatic heterocycles. The molecule has 7 heteroatoms. The SMILES string of the molecule is CC(Cc1ccccc1)O[P+](=O)CC(CCC(=O)O)C(=O)O. The maximum Gasteiger partial charge on any atom is 0.509 e. The van der Waals surface area contributed by atoms with Gasteiger partial charge in [-0.1, -0.05) is 30.3 Å². The minimum absolute atomic E-state index is 0.0534. The van der Waals surface area contributed by atoms with Crippen LogP contribution in [0, 0.1) is 5.92 Å². The smallest absolute Gasteiger partial charge is 0.481 e. The third-order valence-electron chi connectivity index (χ3n) is 3.09. The Bertz CT molecular complexity index is 516. The third kappa shape index (κ3) is 7.29. The van der Waals surface area contributed by atoms with Crippen LogP contribution < -0.4 is 0 Å². The topological polar surface area (TPSA) is 101 Å². The number of carboxylic acid groups (broad SMARTS) is 2. The molecule has 0 aliphatic rings. The van der Waals surface area contributed by atoms with E-state index in [-0.39, 0.29) is 25.1 Å². The Morgan fingerprint density at radius 1 is 1.23 bits per heavy atom. The molecule has 120 valence electrons. The lowest BCUT2D eigenvalue weighted by molar-refractivity contribution is -0.142. The molecule has 0 aliphatic heterocycles. The van der Waals surface area contributed by atoms with Crippen LogP contribution in [0.25, 0.3) is 0 Å². The first-order chi connectivity index (χ1) is 10.4. The summed E-state index contributed by atoms with van der Waals surface area (Å²) in [6, 6.07) is 9.55. The van der Waals surface area contributed by atoms with E-state index in [1.165, 1.54) is 0 Å². The molecular weight excluding hydrogens is 307 g/mol. The summed E-state index contributed by atoms with van der Waals surface area (Å²) in [5.41, 5.74) is 1.04. The van der Waals surface area contributed by atoms with Crippen LogP contribution in [0.2, 0.25) is 0 Å². The Morgan fingerprint density at radius 3 is 2.41 bits per heavy atom.